The molecule has 2 aliphatic heterocycles. The molecule has 2 amide bonds. The van der Waals surface area contributed by atoms with Crippen LogP contribution in [0.4, 0.5) is 5.69 Å². The minimum atomic E-state index is -0.518. The van der Waals surface area contributed by atoms with E-state index in [9.17, 15) is 9.59 Å². The quantitative estimate of drug-likeness (QED) is 0.647. The summed E-state index contributed by atoms with van der Waals surface area (Å²) in [5, 5.41) is 19.8. The Labute approximate surface area is 160 Å². The number of thioether (sulfide) groups is 1. The van der Waals surface area contributed by atoms with E-state index in [2.05, 4.69) is 45.1 Å². The standard InChI is InChI=1S/C17H21N7O2S/c1-17(2)13(14-20-22-23-21-14)24-15(26)12(16(24)27-17)19-11(25)8-9-5-4-6-10(7-9)18-3/h4-7,12-13,16,18H,8H2,1-3H3,(H,19,25)(H,20,21,22,23)/t12?,13?,16-/m0/s1. The second-order valence-corrected chi connectivity index (χ2v) is 8.99. The van der Waals surface area contributed by atoms with Gasteiger partial charge in [-0.3, -0.25) is 9.59 Å². The number of anilines is 1. The van der Waals surface area contributed by atoms with Crippen molar-refractivity contribution in [1.29, 1.82) is 0 Å². The molecule has 1 aromatic carbocycles. The lowest BCUT2D eigenvalue weighted by Crippen LogP contribution is -2.68. The van der Waals surface area contributed by atoms with Gasteiger partial charge >= 0.3 is 0 Å². The van der Waals surface area contributed by atoms with Crippen LogP contribution in [0.15, 0.2) is 24.3 Å². The molecule has 2 fully saturated rings. The van der Waals surface area contributed by atoms with E-state index < -0.39 is 6.04 Å². The predicted molar refractivity (Wildman–Crippen MR) is 101 cm³/mol. The summed E-state index contributed by atoms with van der Waals surface area (Å²) < 4.78 is -0.262. The molecule has 2 unspecified atom stereocenters. The van der Waals surface area contributed by atoms with Gasteiger partial charge in [-0.05, 0) is 42.0 Å². The summed E-state index contributed by atoms with van der Waals surface area (Å²) in [6, 6.07) is 6.90. The van der Waals surface area contributed by atoms with Gasteiger partial charge in [0, 0.05) is 17.5 Å². The fraction of sp³-hybridized carbons (Fsp3) is 0.471. The molecule has 142 valence electrons. The molecular formula is C17H21N7O2S. The van der Waals surface area contributed by atoms with Crippen LogP contribution in [0.2, 0.25) is 0 Å². The first-order valence-electron chi connectivity index (χ1n) is 8.70. The smallest absolute Gasteiger partial charge is 0.249 e. The molecular weight excluding hydrogens is 366 g/mol. The average molecular weight is 387 g/mol. The Morgan fingerprint density at radius 3 is 2.93 bits per heavy atom. The van der Waals surface area contributed by atoms with E-state index in [0.717, 1.165) is 11.3 Å². The number of rotatable bonds is 5. The molecule has 2 saturated heterocycles. The Balaban J connectivity index is 1.44. The highest BCUT2D eigenvalue weighted by Gasteiger charge is 2.63. The Morgan fingerprint density at radius 2 is 2.22 bits per heavy atom. The number of nitrogens with one attached hydrogen (secondary N) is 3. The van der Waals surface area contributed by atoms with Gasteiger partial charge in [-0.15, -0.1) is 16.9 Å². The zero-order valence-electron chi connectivity index (χ0n) is 15.3. The van der Waals surface area contributed by atoms with Gasteiger partial charge in [-0.1, -0.05) is 12.1 Å². The van der Waals surface area contributed by atoms with E-state index in [4.69, 9.17) is 0 Å². The van der Waals surface area contributed by atoms with Gasteiger partial charge in [-0.25, -0.2) is 5.10 Å². The highest BCUT2D eigenvalue weighted by molar-refractivity contribution is 8.01. The summed E-state index contributed by atoms with van der Waals surface area (Å²) in [6.45, 7) is 4.11. The Kier molecular flexibility index (Phi) is 4.29. The third-order valence-electron chi connectivity index (χ3n) is 4.96. The lowest BCUT2D eigenvalue weighted by atomic mass is 9.95. The first-order chi connectivity index (χ1) is 12.9. The first kappa shape index (κ1) is 17.8. The van der Waals surface area contributed by atoms with E-state index in [1.54, 1.807) is 16.7 Å². The number of nitrogens with zero attached hydrogens (tertiary/aromatic N) is 4. The van der Waals surface area contributed by atoms with Crippen LogP contribution < -0.4 is 10.6 Å². The van der Waals surface area contributed by atoms with Crippen LogP contribution in [0.1, 0.15) is 31.3 Å². The number of aromatic amines is 1. The average Bonchev–Trinajstić information content (AvgIpc) is 3.24. The summed E-state index contributed by atoms with van der Waals surface area (Å²) in [5.74, 6) is 0.304. The van der Waals surface area contributed by atoms with Crippen LogP contribution in [0.5, 0.6) is 0 Å². The maximum absolute atomic E-state index is 12.7. The lowest BCUT2D eigenvalue weighted by molar-refractivity contribution is -0.151. The van der Waals surface area contributed by atoms with E-state index in [1.165, 1.54) is 0 Å². The molecule has 4 rings (SSSR count). The van der Waals surface area contributed by atoms with Gasteiger partial charge in [0.15, 0.2) is 5.82 Å². The van der Waals surface area contributed by atoms with Crippen molar-refractivity contribution >= 4 is 29.3 Å². The maximum Gasteiger partial charge on any atom is 0.249 e. The molecule has 0 saturated carbocycles. The van der Waals surface area contributed by atoms with Crippen LogP contribution in [0, 0.1) is 0 Å². The third-order valence-corrected chi connectivity index (χ3v) is 6.53. The third kappa shape index (κ3) is 3.03. The number of amides is 2. The molecule has 3 heterocycles. The maximum atomic E-state index is 12.7. The van der Waals surface area contributed by atoms with Crippen molar-refractivity contribution in [2.24, 2.45) is 0 Å². The number of carbonyl (C=O) groups excluding carboxylic acids is 2. The second-order valence-electron chi connectivity index (χ2n) is 7.22. The largest absolute Gasteiger partial charge is 0.388 e. The predicted octanol–water partition coefficient (Wildman–Crippen LogP) is 0.704. The highest BCUT2D eigenvalue weighted by atomic mass is 32.2. The molecule has 1 aromatic heterocycles. The molecule has 2 aromatic rings. The molecule has 0 bridgehead atoms. The zero-order valence-corrected chi connectivity index (χ0v) is 16.1. The number of fused-ring (bicyclic) bond motifs is 1. The van der Waals surface area contributed by atoms with Gasteiger partial charge in [0.1, 0.15) is 17.5 Å². The summed E-state index contributed by atoms with van der Waals surface area (Å²) in [6.07, 6.45) is 0.232. The topological polar surface area (TPSA) is 116 Å². The lowest BCUT2D eigenvalue weighted by Gasteiger charge is -2.44. The Hall–Kier alpha value is -2.62. The number of β-lactam (4-membered cyclic amide) rings is 1. The van der Waals surface area contributed by atoms with Crippen LogP contribution in [-0.2, 0) is 16.0 Å². The van der Waals surface area contributed by atoms with Crippen molar-refractivity contribution in [1.82, 2.24) is 30.8 Å². The SMILES string of the molecule is CNc1cccc(CC(=O)NC2C(=O)N3C(c4nnn[nH]4)C(C)(C)S[C@@H]23)c1. The van der Waals surface area contributed by atoms with Crippen molar-refractivity contribution in [2.75, 3.05) is 12.4 Å². The summed E-state index contributed by atoms with van der Waals surface area (Å²) in [5.41, 5.74) is 1.84. The summed E-state index contributed by atoms with van der Waals surface area (Å²) in [7, 11) is 1.83. The first-order valence-corrected chi connectivity index (χ1v) is 9.58. The van der Waals surface area contributed by atoms with Gasteiger partial charge < -0.3 is 15.5 Å². The fourth-order valence-electron chi connectivity index (χ4n) is 3.72. The van der Waals surface area contributed by atoms with Gasteiger partial charge in [0.05, 0.1) is 6.42 Å². The number of benzene rings is 1. The van der Waals surface area contributed by atoms with E-state index in [1.807, 2.05) is 31.3 Å². The van der Waals surface area contributed by atoms with E-state index in [-0.39, 0.29) is 34.4 Å². The molecule has 10 heteroatoms. The molecule has 0 radical (unpaired) electrons. The molecule has 2 aliphatic rings. The minimum Gasteiger partial charge on any atom is -0.388 e. The van der Waals surface area contributed by atoms with Gasteiger partial charge in [-0.2, -0.15) is 0 Å². The van der Waals surface area contributed by atoms with E-state index in [0.29, 0.717) is 5.82 Å². The van der Waals surface area contributed by atoms with Gasteiger partial charge in [0.2, 0.25) is 11.8 Å². The monoisotopic (exact) mass is 387 g/mol. The summed E-state index contributed by atoms with van der Waals surface area (Å²) >= 11 is 1.65. The molecule has 27 heavy (non-hydrogen) atoms. The minimum absolute atomic E-state index is 0.100. The highest BCUT2D eigenvalue weighted by Crippen LogP contribution is 2.56. The van der Waals surface area contributed by atoms with Crippen LogP contribution >= 0.6 is 11.8 Å². The number of H-pyrrole nitrogens is 1. The summed E-state index contributed by atoms with van der Waals surface area (Å²) in [4.78, 5) is 27.0. The number of hydrogen-bond acceptors (Lipinski definition) is 7. The molecule has 0 aliphatic carbocycles. The fourth-order valence-corrected chi connectivity index (χ4v) is 5.36. The number of tetrazole rings is 1. The van der Waals surface area contributed by atoms with Crippen LogP contribution in [0.3, 0.4) is 0 Å². The normalized spacial score (nSPS) is 25.7. The Bertz CT molecular complexity index is 870. The van der Waals surface area contributed by atoms with Crippen molar-refractivity contribution in [2.45, 2.75) is 42.5 Å². The number of aromatic nitrogens is 4. The number of hydrogen-bond donors (Lipinski definition) is 3. The van der Waals surface area contributed by atoms with Crippen molar-refractivity contribution in [3.63, 3.8) is 0 Å². The van der Waals surface area contributed by atoms with Crippen LogP contribution in [-0.4, -0.2) is 60.5 Å². The van der Waals surface area contributed by atoms with Crippen LogP contribution in [0.25, 0.3) is 0 Å². The van der Waals surface area contributed by atoms with E-state index >= 15 is 0 Å². The Morgan fingerprint density at radius 1 is 1.41 bits per heavy atom. The molecule has 0 spiro atoms. The number of carbonyl (C=O) groups is 2. The van der Waals surface area contributed by atoms with Crippen molar-refractivity contribution < 1.29 is 9.59 Å². The van der Waals surface area contributed by atoms with Crippen molar-refractivity contribution in [3.05, 3.63) is 35.7 Å². The molecule has 9 nitrogen and oxygen atoms in total. The molecule has 3 N–H and O–H groups in total. The zero-order chi connectivity index (χ0) is 19.2. The van der Waals surface area contributed by atoms with Gasteiger partial charge in [0.25, 0.3) is 0 Å². The molecule has 3 atom stereocenters. The van der Waals surface area contributed by atoms with Crippen molar-refractivity contribution in [3.8, 4) is 0 Å². The second kappa shape index (κ2) is 6.52.